The summed E-state index contributed by atoms with van der Waals surface area (Å²) in [5.74, 6) is -0.157. The molecule has 1 saturated heterocycles. The Balaban J connectivity index is 1.20. The van der Waals surface area contributed by atoms with Crippen molar-refractivity contribution in [2.24, 2.45) is 0 Å². The highest BCUT2D eigenvalue weighted by atomic mass is 32.1. The number of rotatable bonds is 5. The number of amides is 2. The number of aromatic nitrogens is 2. The van der Waals surface area contributed by atoms with Gasteiger partial charge in [-0.25, -0.2) is 4.98 Å². The molecule has 1 fully saturated rings. The second kappa shape index (κ2) is 8.93. The van der Waals surface area contributed by atoms with Crippen LogP contribution in [0.2, 0.25) is 0 Å². The van der Waals surface area contributed by atoms with Crippen molar-refractivity contribution in [3.8, 4) is 0 Å². The molecular weight excluding hydrogens is 462 g/mol. The van der Waals surface area contributed by atoms with E-state index in [2.05, 4.69) is 15.2 Å². The summed E-state index contributed by atoms with van der Waals surface area (Å²) >= 11 is 2.71. The van der Waals surface area contributed by atoms with Gasteiger partial charge in [-0.15, -0.1) is 22.7 Å². The van der Waals surface area contributed by atoms with Crippen LogP contribution < -0.4 is 10.9 Å². The molecule has 170 valence electrons. The van der Waals surface area contributed by atoms with E-state index in [4.69, 9.17) is 4.42 Å². The van der Waals surface area contributed by atoms with Gasteiger partial charge in [0.15, 0.2) is 10.7 Å². The van der Waals surface area contributed by atoms with Gasteiger partial charge in [-0.3, -0.25) is 23.7 Å². The third kappa shape index (κ3) is 4.47. The zero-order chi connectivity index (χ0) is 22.9. The number of thiazole rings is 1. The van der Waals surface area contributed by atoms with Gasteiger partial charge in [-0.2, -0.15) is 0 Å². The average Bonchev–Trinajstić information content (AvgIpc) is 3.55. The minimum atomic E-state index is -0.345. The number of furan rings is 1. The van der Waals surface area contributed by atoms with Gasteiger partial charge in [-0.1, -0.05) is 0 Å². The number of hydrogen-bond acceptors (Lipinski definition) is 8. The number of fused-ring (bicyclic) bond motifs is 1. The van der Waals surface area contributed by atoms with Crippen molar-refractivity contribution in [2.75, 3.05) is 31.5 Å². The first-order valence-corrected chi connectivity index (χ1v) is 12.1. The predicted molar refractivity (Wildman–Crippen MR) is 126 cm³/mol. The maximum absolute atomic E-state index is 13.1. The number of carbonyl (C=O) groups is 2. The first-order valence-electron chi connectivity index (χ1n) is 10.4. The molecule has 0 aliphatic carbocycles. The fraction of sp³-hybridized carbons (Fsp3) is 0.273. The van der Waals surface area contributed by atoms with Crippen LogP contribution in [0, 0.1) is 6.92 Å². The normalized spacial score (nSPS) is 14.6. The molecule has 0 unspecified atom stereocenters. The molecule has 5 rings (SSSR count). The van der Waals surface area contributed by atoms with Gasteiger partial charge in [-0.05, 0) is 30.7 Å². The number of carbonyl (C=O) groups excluding carboxylic acids is 2. The third-order valence-electron chi connectivity index (χ3n) is 5.50. The summed E-state index contributed by atoms with van der Waals surface area (Å²) in [6, 6.07) is 6.62. The van der Waals surface area contributed by atoms with Crippen LogP contribution in [0.3, 0.4) is 0 Å². The smallest absolute Gasteiger partial charge is 0.291 e. The first-order chi connectivity index (χ1) is 16.0. The average molecular weight is 484 g/mol. The van der Waals surface area contributed by atoms with Gasteiger partial charge in [0.1, 0.15) is 0 Å². The summed E-state index contributed by atoms with van der Waals surface area (Å²) in [6.07, 6.45) is 3.17. The minimum absolute atomic E-state index is 0.0352. The van der Waals surface area contributed by atoms with Crippen LogP contribution in [0.1, 0.15) is 31.5 Å². The third-order valence-corrected chi connectivity index (χ3v) is 7.39. The standard InChI is InChI=1S/C22H21N5O4S2/c1-14-11-17(24-20(29)16-3-2-9-31-16)33-19(14)21(30)26-6-4-25(5-7-26)13-15-12-18(28)27-8-10-32-22(27)23-15/h2-3,8-12H,4-7,13H2,1H3,(H,24,29). The Morgan fingerprint density at radius 1 is 1.21 bits per heavy atom. The van der Waals surface area contributed by atoms with E-state index in [9.17, 15) is 14.4 Å². The number of nitrogens with zero attached hydrogens (tertiary/aromatic N) is 4. The molecular formula is C22H21N5O4S2. The van der Waals surface area contributed by atoms with E-state index in [0.29, 0.717) is 47.6 Å². The highest BCUT2D eigenvalue weighted by Gasteiger charge is 2.25. The highest BCUT2D eigenvalue weighted by Crippen LogP contribution is 2.28. The summed E-state index contributed by atoms with van der Waals surface area (Å²) in [4.78, 5) is 47.4. The van der Waals surface area contributed by atoms with Crippen molar-refractivity contribution in [3.05, 3.63) is 74.4 Å². The molecule has 0 spiro atoms. The van der Waals surface area contributed by atoms with Gasteiger partial charge in [0.05, 0.1) is 21.8 Å². The quantitative estimate of drug-likeness (QED) is 0.469. The van der Waals surface area contributed by atoms with E-state index < -0.39 is 0 Å². The van der Waals surface area contributed by atoms with E-state index >= 15 is 0 Å². The number of hydrogen-bond donors (Lipinski definition) is 1. The number of piperazine rings is 1. The zero-order valence-electron chi connectivity index (χ0n) is 17.8. The zero-order valence-corrected chi connectivity index (χ0v) is 19.4. The Kier molecular flexibility index (Phi) is 5.83. The summed E-state index contributed by atoms with van der Waals surface area (Å²) < 4.78 is 6.65. The Morgan fingerprint density at radius 3 is 2.79 bits per heavy atom. The number of aryl methyl sites for hydroxylation is 1. The molecule has 33 heavy (non-hydrogen) atoms. The van der Waals surface area contributed by atoms with Crippen molar-refractivity contribution in [1.82, 2.24) is 19.2 Å². The van der Waals surface area contributed by atoms with Crippen LogP contribution in [-0.4, -0.2) is 57.2 Å². The SMILES string of the molecule is Cc1cc(NC(=O)c2ccco2)sc1C(=O)N1CCN(Cc2cc(=O)n3ccsc3n2)CC1. The Bertz CT molecular complexity index is 1360. The second-order valence-electron chi connectivity index (χ2n) is 7.76. The molecule has 1 N–H and O–H groups in total. The van der Waals surface area contributed by atoms with Crippen LogP contribution in [0.4, 0.5) is 5.00 Å². The maximum Gasteiger partial charge on any atom is 0.291 e. The molecule has 0 radical (unpaired) electrons. The van der Waals surface area contributed by atoms with E-state index in [1.54, 1.807) is 34.9 Å². The Hall–Kier alpha value is -3.28. The van der Waals surface area contributed by atoms with Gasteiger partial charge >= 0.3 is 0 Å². The second-order valence-corrected chi connectivity index (χ2v) is 9.69. The maximum atomic E-state index is 13.1. The summed E-state index contributed by atoms with van der Waals surface area (Å²) in [6.45, 7) is 5.02. The molecule has 2 amide bonds. The summed E-state index contributed by atoms with van der Waals surface area (Å²) in [5.41, 5.74) is 1.50. The van der Waals surface area contributed by atoms with E-state index in [1.807, 2.05) is 17.2 Å². The van der Waals surface area contributed by atoms with Gasteiger partial charge < -0.3 is 14.6 Å². The van der Waals surface area contributed by atoms with Crippen LogP contribution in [-0.2, 0) is 6.54 Å². The Morgan fingerprint density at radius 2 is 2.03 bits per heavy atom. The molecule has 4 aromatic rings. The van der Waals surface area contributed by atoms with Crippen molar-refractivity contribution >= 4 is 44.4 Å². The van der Waals surface area contributed by atoms with Crippen molar-refractivity contribution in [1.29, 1.82) is 0 Å². The fourth-order valence-electron chi connectivity index (χ4n) is 3.79. The Labute approximate surface area is 196 Å². The van der Waals surface area contributed by atoms with E-state index in [-0.39, 0.29) is 23.1 Å². The molecule has 9 nitrogen and oxygen atoms in total. The van der Waals surface area contributed by atoms with E-state index in [1.165, 1.54) is 28.9 Å². The highest BCUT2D eigenvalue weighted by molar-refractivity contribution is 7.18. The summed E-state index contributed by atoms with van der Waals surface area (Å²) in [7, 11) is 0. The monoisotopic (exact) mass is 483 g/mol. The summed E-state index contributed by atoms with van der Waals surface area (Å²) in [5, 5.41) is 5.24. The first kappa shape index (κ1) is 21.6. The largest absolute Gasteiger partial charge is 0.459 e. The van der Waals surface area contributed by atoms with Crippen molar-refractivity contribution < 1.29 is 14.0 Å². The lowest BCUT2D eigenvalue weighted by Gasteiger charge is -2.34. The predicted octanol–water partition coefficient (Wildman–Crippen LogP) is 2.93. The number of anilines is 1. The van der Waals surface area contributed by atoms with E-state index in [0.717, 1.165) is 11.3 Å². The van der Waals surface area contributed by atoms with Gasteiger partial charge in [0.25, 0.3) is 17.4 Å². The number of thiophene rings is 1. The molecule has 0 bridgehead atoms. The molecule has 1 aliphatic rings. The fourth-order valence-corrected chi connectivity index (χ4v) is 5.56. The van der Waals surface area contributed by atoms with Crippen molar-refractivity contribution in [3.63, 3.8) is 0 Å². The molecule has 4 aromatic heterocycles. The van der Waals surface area contributed by atoms with Crippen LogP contribution in [0.5, 0.6) is 0 Å². The molecule has 0 atom stereocenters. The number of nitrogens with one attached hydrogen (secondary N) is 1. The topological polar surface area (TPSA) is 100 Å². The van der Waals surface area contributed by atoms with Crippen LogP contribution >= 0.6 is 22.7 Å². The van der Waals surface area contributed by atoms with Gasteiger partial charge in [0.2, 0.25) is 0 Å². The lowest BCUT2D eigenvalue weighted by Crippen LogP contribution is -2.48. The van der Waals surface area contributed by atoms with Crippen LogP contribution in [0.15, 0.2) is 51.3 Å². The lowest BCUT2D eigenvalue weighted by molar-refractivity contribution is 0.0631. The molecule has 5 heterocycles. The van der Waals surface area contributed by atoms with Gasteiger partial charge in [0, 0.05) is 50.4 Å². The molecule has 0 aromatic carbocycles. The van der Waals surface area contributed by atoms with Crippen LogP contribution in [0.25, 0.3) is 4.96 Å². The minimum Gasteiger partial charge on any atom is -0.459 e. The molecule has 11 heteroatoms. The van der Waals surface area contributed by atoms with Crippen molar-refractivity contribution in [2.45, 2.75) is 13.5 Å². The molecule has 1 aliphatic heterocycles. The molecule has 0 saturated carbocycles. The lowest BCUT2D eigenvalue weighted by atomic mass is 10.2.